The lowest BCUT2D eigenvalue weighted by Gasteiger charge is -2.54. The SMILES string of the molecule is CC1CC2CC(C1)N2C(=O)Nc1ccc(Cl)c(-n2ncc(C(=O)O)n2)c1. The van der Waals surface area contributed by atoms with Gasteiger partial charge in [0.15, 0.2) is 5.69 Å². The van der Waals surface area contributed by atoms with Gasteiger partial charge in [0.05, 0.1) is 11.2 Å². The number of piperidine rings is 1. The van der Waals surface area contributed by atoms with Gasteiger partial charge in [-0.2, -0.15) is 5.10 Å². The Morgan fingerprint density at radius 2 is 2.00 bits per heavy atom. The molecule has 2 atom stereocenters. The molecule has 0 radical (unpaired) electrons. The molecule has 8 nitrogen and oxygen atoms in total. The highest BCUT2D eigenvalue weighted by Gasteiger charge is 2.46. The summed E-state index contributed by atoms with van der Waals surface area (Å²) in [6.07, 6.45) is 4.32. The van der Waals surface area contributed by atoms with Gasteiger partial charge in [0, 0.05) is 17.8 Å². The minimum absolute atomic E-state index is 0.119. The number of fused-ring (bicyclic) bond motifs is 2. The zero-order chi connectivity index (χ0) is 18.4. The molecular formula is C17H18ClN5O3. The van der Waals surface area contributed by atoms with Crippen LogP contribution >= 0.6 is 11.6 Å². The van der Waals surface area contributed by atoms with E-state index >= 15 is 0 Å². The number of carboxylic acid groups (broad SMARTS) is 1. The van der Waals surface area contributed by atoms with E-state index in [2.05, 4.69) is 22.4 Å². The van der Waals surface area contributed by atoms with E-state index in [1.807, 2.05) is 4.90 Å². The summed E-state index contributed by atoms with van der Waals surface area (Å²) in [5.74, 6) is -0.505. The molecule has 2 aromatic rings. The van der Waals surface area contributed by atoms with E-state index in [0.717, 1.165) is 30.3 Å². The third kappa shape index (κ3) is 2.90. The zero-order valence-corrected chi connectivity index (χ0v) is 14.8. The standard InChI is InChI=1S/C17H18ClN5O3/c1-9-4-11-7-12(5-9)22(11)17(26)20-10-2-3-13(18)15(6-10)23-19-8-14(21-23)16(24)25/h2-3,6,8-9,11-12H,4-5,7H2,1H3,(H,20,26)(H,24,25). The highest BCUT2D eigenvalue weighted by molar-refractivity contribution is 6.32. The Hall–Kier alpha value is -2.61. The number of nitrogens with zero attached hydrogens (tertiary/aromatic N) is 4. The smallest absolute Gasteiger partial charge is 0.358 e. The molecule has 3 heterocycles. The van der Waals surface area contributed by atoms with Crippen molar-refractivity contribution >= 4 is 29.3 Å². The van der Waals surface area contributed by atoms with Crippen LogP contribution in [0.15, 0.2) is 24.4 Å². The number of aromatic carboxylic acids is 1. The Morgan fingerprint density at radius 3 is 2.65 bits per heavy atom. The molecule has 2 N–H and O–H groups in total. The molecule has 3 fully saturated rings. The van der Waals surface area contributed by atoms with Crippen molar-refractivity contribution in [1.82, 2.24) is 19.9 Å². The number of hydrogen-bond donors (Lipinski definition) is 2. The fourth-order valence-corrected chi connectivity index (χ4v) is 4.08. The highest BCUT2D eigenvalue weighted by atomic mass is 35.5. The van der Waals surface area contributed by atoms with Gasteiger partial charge in [-0.25, -0.2) is 9.59 Å². The Bertz CT molecular complexity index is 871. The van der Waals surface area contributed by atoms with E-state index in [4.69, 9.17) is 16.7 Å². The van der Waals surface area contributed by atoms with Gasteiger partial charge in [-0.1, -0.05) is 18.5 Å². The van der Waals surface area contributed by atoms with E-state index in [1.165, 1.54) is 0 Å². The lowest BCUT2D eigenvalue weighted by atomic mass is 9.74. The molecule has 2 aliphatic heterocycles. The van der Waals surface area contributed by atoms with Crippen molar-refractivity contribution < 1.29 is 14.7 Å². The molecule has 1 aliphatic carbocycles. The summed E-state index contributed by atoms with van der Waals surface area (Å²) >= 11 is 6.18. The van der Waals surface area contributed by atoms with Crippen molar-refractivity contribution in [2.24, 2.45) is 5.92 Å². The number of aromatic nitrogens is 3. The summed E-state index contributed by atoms with van der Waals surface area (Å²) in [6, 6.07) is 5.47. The molecule has 26 heavy (non-hydrogen) atoms. The predicted octanol–water partition coefficient (Wildman–Crippen LogP) is 3.02. The largest absolute Gasteiger partial charge is 0.476 e. The van der Waals surface area contributed by atoms with Crippen LogP contribution in [0.2, 0.25) is 5.02 Å². The van der Waals surface area contributed by atoms with Gasteiger partial charge in [0.1, 0.15) is 5.69 Å². The van der Waals surface area contributed by atoms with Crippen molar-refractivity contribution in [2.75, 3.05) is 5.32 Å². The van der Waals surface area contributed by atoms with Crippen molar-refractivity contribution in [3.05, 3.63) is 35.1 Å². The summed E-state index contributed by atoms with van der Waals surface area (Å²) in [7, 11) is 0. The molecule has 2 unspecified atom stereocenters. The number of urea groups is 1. The maximum atomic E-state index is 12.6. The number of amides is 2. The van der Waals surface area contributed by atoms with Crippen LogP contribution < -0.4 is 5.32 Å². The van der Waals surface area contributed by atoms with Crippen LogP contribution in [-0.2, 0) is 0 Å². The van der Waals surface area contributed by atoms with Gasteiger partial charge in [-0.15, -0.1) is 9.90 Å². The third-order valence-electron chi connectivity index (χ3n) is 5.04. The molecule has 9 heteroatoms. The maximum Gasteiger partial charge on any atom is 0.358 e. The van der Waals surface area contributed by atoms with Crippen LogP contribution in [-0.4, -0.2) is 49.1 Å². The molecule has 136 valence electrons. The topological polar surface area (TPSA) is 100 Å². The normalized spacial score (nSPS) is 24.1. The molecule has 1 aromatic heterocycles. The first-order chi connectivity index (χ1) is 12.4. The number of carbonyl (C=O) groups is 2. The van der Waals surface area contributed by atoms with Gasteiger partial charge in [0.25, 0.3) is 0 Å². The number of anilines is 1. The first-order valence-corrected chi connectivity index (χ1v) is 8.85. The number of halogens is 1. The van der Waals surface area contributed by atoms with E-state index in [1.54, 1.807) is 18.2 Å². The summed E-state index contributed by atoms with van der Waals surface area (Å²) in [4.78, 5) is 26.6. The second-order valence-electron chi connectivity index (χ2n) is 6.95. The van der Waals surface area contributed by atoms with Crippen LogP contribution in [0.4, 0.5) is 10.5 Å². The van der Waals surface area contributed by atoms with Crippen LogP contribution in [0, 0.1) is 5.92 Å². The van der Waals surface area contributed by atoms with E-state index < -0.39 is 5.97 Å². The minimum atomic E-state index is -1.17. The summed E-state index contributed by atoms with van der Waals surface area (Å²) in [5.41, 5.74) is 0.772. The third-order valence-corrected chi connectivity index (χ3v) is 5.36. The van der Waals surface area contributed by atoms with Gasteiger partial charge in [-0.05, 0) is 43.4 Å². The molecule has 2 bridgehead atoms. The monoisotopic (exact) mass is 375 g/mol. The molecular weight excluding hydrogens is 358 g/mol. The number of carbonyl (C=O) groups excluding carboxylic acids is 1. The van der Waals surface area contributed by atoms with E-state index in [-0.39, 0.29) is 11.7 Å². The summed E-state index contributed by atoms with van der Waals surface area (Å²) < 4.78 is 0. The Kier molecular flexibility index (Phi) is 4.07. The molecule has 3 aliphatic rings. The van der Waals surface area contributed by atoms with Crippen LogP contribution in [0.3, 0.4) is 0 Å². The van der Waals surface area contributed by atoms with Crippen molar-refractivity contribution in [2.45, 2.75) is 38.3 Å². The minimum Gasteiger partial charge on any atom is -0.476 e. The average molecular weight is 376 g/mol. The lowest BCUT2D eigenvalue weighted by molar-refractivity contribution is -0.00601. The fraction of sp³-hybridized carbons (Fsp3) is 0.412. The first-order valence-electron chi connectivity index (χ1n) is 8.47. The summed E-state index contributed by atoms with van der Waals surface area (Å²) in [5, 5.41) is 20.0. The van der Waals surface area contributed by atoms with Crippen LogP contribution in [0.5, 0.6) is 0 Å². The average Bonchev–Trinajstić information content (AvgIpc) is 3.06. The second-order valence-corrected chi connectivity index (χ2v) is 7.36. The second kappa shape index (κ2) is 6.28. The highest BCUT2D eigenvalue weighted by Crippen LogP contribution is 2.41. The van der Waals surface area contributed by atoms with E-state index in [0.29, 0.717) is 34.4 Å². The quantitative estimate of drug-likeness (QED) is 0.858. The maximum absolute atomic E-state index is 12.6. The molecule has 1 saturated carbocycles. The predicted molar refractivity (Wildman–Crippen MR) is 94.8 cm³/mol. The van der Waals surface area contributed by atoms with Crippen molar-refractivity contribution in [1.29, 1.82) is 0 Å². The Balaban J connectivity index is 1.53. The zero-order valence-electron chi connectivity index (χ0n) is 14.1. The molecule has 2 amide bonds. The molecule has 2 saturated heterocycles. The Labute approximate surface area is 154 Å². The summed E-state index contributed by atoms with van der Waals surface area (Å²) in [6.45, 7) is 2.22. The van der Waals surface area contributed by atoms with Crippen molar-refractivity contribution in [3.8, 4) is 5.69 Å². The first kappa shape index (κ1) is 16.8. The van der Waals surface area contributed by atoms with Gasteiger partial charge in [0.2, 0.25) is 0 Å². The Morgan fingerprint density at radius 1 is 1.27 bits per heavy atom. The number of nitrogens with one attached hydrogen (secondary N) is 1. The number of benzene rings is 1. The number of hydrogen-bond acceptors (Lipinski definition) is 4. The lowest BCUT2D eigenvalue weighted by Crippen LogP contribution is -2.63. The molecule has 1 aromatic carbocycles. The van der Waals surface area contributed by atoms with Crippen LogP contribution in [0.1, 0.15) is 36.7 Å². The van der Waals surface area contributed by atoms with Gasteiger partial charge < -0.3 is 15.3 Å². The number of rotatable bonds is 3. The molecule has 5 rings (SSSR count). The van der Waals surface area contributed by atoms with E-state index in [9.17, 15) is 9.59 Å². The fourth-order valence-electron chi connectivity index (χ4n) is 3.89. The van der Waals surface area contributed by atoms with Crippen LogP contribution in [0.25, 0.3) is 5.69 Å². The molecule has 0 spiro atoms. The van der Waals surface area contributed by atoms with Gasteiger partial charge in [-0.3, -0.25) is 0 Å². The van der Waals surface area contributed by atoms with Gasteiger partial charge >= 0.3 is 12.0 Å². The van der Waals surface area contributed by atoms with Crippen molar-refractivity contribution in [3.63, 3.8) is 0 Å². The number of carboxylic acids is 1.